The number of hydrogen-bond acceptors (Lipinski definition) is 0. The van der Waals surface area contributed by atoms with Crippen LogP contribution in [0.4, 0.5) is 0 Å². The molecule has 2 aliphatic rings. The van der Waals surface area contributed by atoms with Crippen LogP contribution < -0.4 is 0 Å². The molecule has 4 aromatic carbocycles. The molecule has 0 amide bonds. The molecule has 0 N–H and O–H groups in total. The van der Waals surface area contributed by atoms with Gasteiger partial charge in [0.05, 0.1) is 0 Å². The van der Waals surface area contributed by atoms with Crippen molar-refractivity contribution in [3.8, 4) is 11.1 Å². The van der Waals surface area contributed by atoms with Gasteiger partial charge in [-0.1, -0.05) is 0 Å². The van der Waals surface area contributed by atoms with Crippen LogP contribution in [-0.2, 0) is 21.3 Å². The fourth-order valence-corrected chi connectivity index (χ4v) is 19.1. The Morgan fingerprint density at radius 3 is 1.53 bits per heavy atom. The van der Waals surface area contributed by atoms with Gasteiger partial charge in [-0.15, -0.1) is 0 Å². The van der Waals surface area contributed by atoms with Gasteiger partial charge in [-0.3, -0.25) is 0 Å². The molecule has 0 nitrogen and oxygen atoms in total. The van der Waals surface area contributed by atoms with Gasteiger partial charge < -0.3 is 0 Å². The monoisotopic (exact) mass is 586 g/mol. The first kappa shape index (κ1) is 25.6. The second-order valence-electron chi connectivity index (χ2n) is 11.8. The van der Waals surface area contributed by atoms with Crippen molar-refractivity contribution in [2.24, 2.45) is 5.92 Å². The molecule has 1 unspecified atom stereocenters. The summed E-state index contributed by atoms with van der Waals surface area (Å²) in [6.45, 7) is 12.5. The summed E-state index contributed by atoms with van der Waals surface area (Å²) in [5.41, 5.74) is 10.4. The molecule has 2 heteroatoms. The fraction of sp³-hybridized carbons (Fsp3) is 0.194. The average Bonchev–Trinajstić information content (AvgIpc) is 3.42. The first-order valence-corrected chi connectivity index (χ1v) is 21.2. The molecule has 4 aromatic rings. The van der Waals surface area contributed by atoms with E-state index in [0.29, 0.717) is 9.54 Å². The van der Waals surface area contributed by atoms with Crippen LogP contribution in [0.2, 0.25) is 19.6 Å². The van der Waals surface area contributed by atoms with E-state index in [-0.39, 0.29) is 0 Å². The Bertz CT molecular complexity index is 1510. The quantitative estimate of drug-likeness (QED) is 0.204. The van der Waals surface area contributed by atoms with Gasteiger partial charge in [0.15, 0.2) is 0 Å². The Kier molecular flexibility index (Phi) is 6.83. The van der Waals surface area contributed by atoms with E-state index in [2.05, 4.69) is 149 Å². The molecular formula is C36H36SiZr. The van der Waals surface area contributed by atoms with Gasteiger partial charge in [-0.2, -0.15) is 0 Å². The maximum absolute atomic E-state index is 2.70. The number of fused-ring (bicyclic) bond motifs is 3. The second kappa shape index (κ2) is 10.1. The van der Waals surface area contributed by atoms with Gasteiger partial charge in [-0.25, -0.2) is 0 Å². The molecule has 0 fully saturated rings. The summed E-state index contributed by atoms with van der Waals surface area (Å²) in [6.07, 6.45) is 2.65. The first-order valence-electron chi connectivity index (χ1n) is 13.8. The molecule has 1 atom stereocenters. The third-order valence-electron chi connectivity index (χ3n) is 8.29. The van der Waals surface area contributed by atoms with Crippen molar-refractivity contribution >= 4 is 11.3 Å². The molecule has 6 rings (SSSR count). The zero-order valence-corrected chi connectivity index (χ0v) is 26.6. The van der Waals surface area contributed by atoms with Crippen LogP contribution >= 0.6 is 0 Å². The van der Waals surface area contributed by atoms with Crippen LogP contribution in [0.25, 0.3) is 11.1 Å². The summed E-state index contributed by atoms with van der Waals surface area (Å²) in [7, 11) is -1.47. The van der Waals surface area contributed by atoms with Gasteiger partial charge in [0.1, 0.15) is 0 Å². The Balaban J connectivity index is 1.76. The van der Waals surface area contributed by atoms with Crippen LogP contribution in [-0.4, -0.2) is 11.3 Å². The molecule has 38 heavy (non-hydrogen) atoms. The summed E-state index contributed by atoms with van der Waals surface area (Å²) in [5, 5.41) is 1.68. The van der Waals surface area contributed by atoms with E-state index in [9.17, 15) is 0 Å². The predicted octanol–water partition coefficient (Wildman–Crippen LogP) is 9.37. The number of rotatable bonds is 5. The first-order chi connectivity index (χ1) is 18.4. The van der Waals surface area contributed by atoms with E-state index >= 15 is 0 Å². The van der Waals surface area contributed by atoms with E-state index in [4.69, 9.17) is 0 Å². The SMILES string of the molecule is CC1=[C]([Zr](=[C](c2ccccc2)c2ccccc2)[CH]2c3ccccc3-c3ccccc32)C(C)C=C1[Si](C)(C)C. The summed E-state index contributed by atoms with van der Waals surface area (Å²) in [6, 6.07) is 41.1. The molecule has 2 aliphatic carbocycles. The van der Waals surface area contributed by atoms with Crippen molar-refractivity contribution in [3.05, 3.63) is 152 Å². The molecule has 0 saturated carbocycles. The molecule has 0 heterocycles. The molecule has 0 spiro atoms. The minimum absolute atomic E-state index is 0.460. The van der Waals surface area contributed by atoms with Crippen LogP contribution in [0, 0.1) is 5.92 Å². The van der Waals surface area contributed by atoms with E-state index in [1.165, 1.54) is 22.3 Å². The standard InChI is InChI=1S/C13H9.C13H10.C10H17Si.Zr/c1-3-7-12-10(5-1)9-11-6-2-4-8-13(11)12;1-3-7-12(8-4-1)11-13-9-5-2-6-10-13;1-8-6-9(2)10(7-8)11(3,4)5;/h1-9H;1-10H;7-8H,1-5H3;. The summed E-state index contributed by atoms with van der Waals surface area (Å²) in [5.74, 6) is 0.494. The summed E-state index contributed by atoms with van der Waals surface area (Å²) < 4.78 is 3.89. The van der Waals surface area contributed by atoms with Gasteiger partial charge in [0.2, 0.25) is 0 Å². The van der Waals surface area contributed by atoms with Gasteiger partial charge in [0, 0.05) is 0 Å². The van der Waals surface area contributed by atoms with E-state index in [1.807, 2.05) is 0 Å². The second-order valence-corrected chi connectivity index (χ2v) is 22.8. The Labute approximate surface area is 236 Å². The van der Waals surface area contributed by atoms with Gasteiger partial charge >= 0.3 is 238 Å². The van der Waals surface area contributed by atoms with Crippen LogP contribution in [0.3, 0.4) is 0 Å². The fourth-order valence-electron chi connectivity index (χ4n) is 6.79. The van der Waals surface area contributed by atoms with Gasteiger partial charge in [0.25, 0.3) is 0 Å². The van der Waals surface area contributed by atoms with Crippen molar-refractivity contribution in [3.63, 3.8) is 0 Å². The van der Waals surface area contributed by atoms with Crippen LogP contribution in [0.5, 0.6) is 0 Å². The Morgan fingerprint density at radius 1 is 0.632 bits per heavy atom. The molecule has 0 radical (unpaired) electrons. The predicted molar refractivity (Wildman–Crippen MR) is 163 cm³/mol. The van der Waals surface area contributed by atoms with E-state index in [0.717, 1.165) is 0 Å². The van der Waals surface area contributed by atoms with Crippen molar-refractivity contribution < 1.29 is 21.3 Å². The third kappa shape index (κ3) is 4.37. The third-order valence-corrected chi connectivity index (χ3v) is 19.6. The van der Waals surface area contributed by atoms with Crippen LogP contribution in [0.1, 0.15) is 39.7 Å². The zero-order chi connectivity index (χ0) is 26.4. The minimum atomic E-state index is -2.70. The topological polar surface area (TPSA) is 0 Å². The zero-order valence-electron chi connectivity index (χ0n) is 23.1. The van der Waals surface area contributed by atoms with Crippen molar-refractivity contribution in [1.82, 2.24) is 0 Å². The molecule has 0 aliphatic heterocycles. The van der Waals surface area contributed by atoms with Crippen LogP contribution in [0.15, 0.2) is 129 Å². The van der Waals surface area contributed by atoms with Crippen molar-refractivity contribution in [1.29, 1.82) is 0 Å². The number of benzene rings is 4. The normalized spacial score (nSPS) is 16.8. The van der Waals surface area contributed by atoms with Gasteiger partial charge in [-0.05, 0) is 0 Å². The van der Waals surface area contributed by atoms with E-state index in [1.54, 1.807) is 28.4 Å². The molecular weight excluding hydrogens is 552 g/mol. The Hall–Kier alpha value is -2.67. The molecule has 0 saturated heterocycles. The number of hydrogen-bond donors (Lipinski definition) is 0. The Morgan fingerprint density at radius 2 is 1.08 bits per heavy atom. The van der Waals surface area contributed by atoms with E-state index < -0.39 is 29.3 Å². The summed E-state index contributed by atoms with van der Waals surface area (Å²) >= 11 is -2.70. The molecule has 0 bridgehead atoms. The summed E-state index contributed by atoms with van der Waals surface area (Å²) in [4.78, 5) is 0. The molecule has 0 aromatic heterocycles. The van der Waals surface area contributed by atoms with Crippen molar-refractivity contribution in [2.75, 3.05) is 0 Å². The molecule has 188 valence electrons. The van der Waals surface area contributed by atoms with Crippen molar-refractivity contribution in [2.45, 2.75) is 37.1 Å². The maximum atomic E-state index is 2.65. The number of allylic oxidation sites excluding steroid dienone is 4. The average molecular weight is 588 g/mol.